The maximum Gasteiger partial charge on any atom is 0.323 e. The van der Waals surface area contributed by atoms with Gasteiger partial charge in [0, 0.05) is 13.1 Å². The number of carbonyl (C=O) groups is 1. The summed E-state index contributed by atoms with van der Waals surface area (Å²) in [6, 6.07) is -0.0400. The van der Waals surface area contributed by atoms with Gasteiger partial charge in [0.25, 0.3) is 0 Å². The fourth-order valence-electron chi connectivity index (χ4n) is 3.45. The molecule has 1 spiro atoms. The van der Waals surface area contributed by atoms with Crippen molar-refractivity contribution in [1.82, 2.24) is 15.1 Å². The Morgan fingerprint density at radius 2 is 2.16 bits per heavy atom. The van der Waals surface area contributed by atoms with Crippen molar-refractivity contribution in [2.75, 3.05) is 26.2 Å². The molecule has 5 heteroatoms. The van der Waals surface area contributed by atoms with Crippen molar-refractivity contribution in [3.8, 4) is 0 Å². The molecule has 0 aromatic rings. The molecule has 1 aliphatic carbocycles. The average molecular weight is 264 g/mol. The average Bonchev–Trinajstić information content (AvgIpc) is 3.19. The van der Waals surface area contributed by atoms with E-state index in [0.717, 1.165) is 45.4 Å². The first kappa shape index (κ1) is 12.9. The molecule has 3 aliphatic rings. The quantitative estimate of drug-likeness (QED) is 0.814. The molecule has 2 aliphatic heterocycles. The number of rotatable bonds is 3. The van der Waals surface area contributed by atoms with Gasteiger partial charge in [0.2, 0.25) is 0 Å². The standard InChI is InChI=1S/C14H24N4O/c1-2-17-8-3-6-14(7-9-17)12(15)16-13(19)18(14)10-11-4-5-11/h11H,2-10H2,1H3,(H2,15,16,19). The van der Waals surface area contributed by atoms with Gasteiger partial charge in [-0.15, -0.1) is 0 Å². The number of amidine groups is 1. The molecule has 2 N–H and O–H groups in total. The molecule has 1 atom stereocenters. The van der Waals surface area contributed by atoms with E-state index in [2.05, 4.69) is 17.1 Å². The molecule has 0 aromatic heterocycles. The number of urea groups is 1. The molecular weight excluding hydrogens is 240 g/mol. The predicted octanol–water partition coefficient (Wildman–Crippen LogP) is 1.64. The van der Waals surface area contributed by atoms with Crippen molar-refractivity contribution in [3.05, 3.63) is 0 Å². The van der Waals surface area contributed by atoms with Crippen molar-refractivity contribution in [2.45, 2.75) is 44.6 Å². The molecule has 1 unspecified atom stereocenters. The minimum absolute atomic E-state index is 0.0400. The van der Waals surface area contributed by atoms with Gasteiger partial charge >= 0.3 is 6.03 Å². The number of carbonyl (C=O) groups excluding carboxylic acids is 1. The Hall–Kier alpha value is -1.10. The van der Waals surface area contributed by atoms with Crippen LogP contribution in [-0.4, -0.2) is 53.4 Å². The summed E-state index contributed by atoms with van der Waals surface area (Å²) < 4.78 is 0. The second-order valence-corrected chi connectivity index (χ2v) is 6.18. The topological polar surface area (TPSA) is 59.4 Å². The van der Waals surface area contributed by atoms with Crippen LogP contribution < -0.4 is 5.32 Å². The van der Waals surface area contributed by atoms with Crippen LogP contribution in [0.4, 0.5) is 4.79 Å². The molecule has 106 valence electrons. The highest BCUT2D eigenvalue weighted by Gasteiger charge is 2.51. The first-order valence-electron chi connectivity index (χ1n) is 7.56. The smallest absolute Gasteiger partial charge is 0.311 e. The van der Waals surface area contributed by atoms with Crippen LogP contribution in [0.5, 0.6) is 0 Å². The Morgan fingerprint density at radius 3 is 2.84 bits per heavy atom. The fraction of sp³-hybridized carbons (Fsp3) is 0.857. The molecule has 3 fully saturated rings. The summed E-state index contributed by atoms with van der Waals surface area (Å²) in [5, 5.41) is 11.0. The van der Waals surface area contributed by atoms with E-state index in [1.807, 2.05) is 4.90 Å². The number of nitrogens with one attached hydrogen (secondary N) is 2. The summed E-state index contributed by atoms with van der Waals surface area (Å²) in [6.07, 6.45) is 5.41. The molecule has 2 amide bonds. The lowest BCUT2D eigenvalue weighted by atomic mass is 9.88. The lowest BCUT2D eigenvalue weighted by molar-refractivity contribution is 0.157. The summed E-state index contributed by atoms with van der Waals surface area (Å²) in [5.74, 6) is 1.12. The van der Waals surface area contributed by atoms with E-state index in [0.29, 0.717) is 11.8 Å². The minimum atomic E-state index is -0.330. The van der Waals surface area contributed by atoms with Crippen molar-refractivity contribution in [1.29, 1.82) is 5.41 Å². The van der Waals surface area contributed by atoms with Gasteiger partial charge in [-0.2, -0.15) is 0 Å². The Balaban J connectivity index is 1.81. The lowest BCUT2D eigenvalue weighted by Gasteiger charge is -2.36. The highest BCUT2D eigenvalue weighted by atomic mass is 16.2. The third kappa shape index (κ3) is 2.24. The zero-order valence-electron chi connectivity index (χ0n) is 11.7. The van der Waals surface area contributed by atoms with Crippen LogP contribution in [0, 0.1) is 11.3 Å². The highest BCUT2D eigenvalue weighted by molar-refractivity contribution is 6.08. The second kappa shape index (κ2) is 4.78. The molecule has 1 saturated carbocycles. The summed E-state index contributed by atoms with van der Waals surface area (Å²) >= 11 is 0. The SMILES string of the molecule is CCN1CCCC2(CC1)C(=N)NC(=O)N2CC1CC1. The first-order chi connectivity index (χ1) is 9.15. The van der Waals surface area contributed by atoms with Crippen molar-refractivity contribution >= 4 is 11.9 Å². The van der Waals surface area contributed by atoms with E-state index >= 15 is 0 Å². The van der Waals surface area contributed by atoms with Gasteiger partial charge in [0.05, 0.1) is 0 Å². The first-order valence-corrected chi connectivity index (χ1v) is 7.56. The van der Waals surface area contributed by atoms with Gasteiger partial charge in [-0.25, -0.2) is 4.79 Å². The Kier molecular flexibility index (Phi) is 3.25. The molecule has 0 bridgehead atoms. The fourth-order valence-corrected chi connectivity index (χ4v) is 3.45. The largest absolute Gasteiger partial charge is 0.323 e. The molecule has 0 aromatic carbocycles. The van der Waals surface area contributed by atoms with E-state index < -0.39 is 0 Å². The predicted molar refractivity (Wildman–Crippen MR) is 74.4 cm³/mol. The molecule has 19 heavy (non-hydrogen) atoms. The second-order valence-electron chi connectivity index (χ2n) is 6.18. The van der Waals surface area contributed by atoms with E-state index in [9.17, 15) is 4.79 Å². The van der Waals surface area contributed by atoms with Crippen LogP contribution >= 0.6 is 0 Å². The van der Waals surface area contributed by atoms with E-state index in [-0.39, 0.29) is 11.6 Å². The number of nitrogens with zero attached hydrogens (tertiary/aromatic N) is 2. The number of hydrogen-bond donors (Lipinski definition) is 2. The van der Waals surface area contributed by atoms with E-state index in [1.54, 1.807) is 0 Å². The van der Waals surface area contributed by atoms with Crippen LogP contribution in [-0.2, 0) is 0 Å². The zero-order chi connectivity index (χ0) is 13.5. The minimum Gasteiger partial charge on any atom is -0.311 e. The van der Waals surface area contributed by atoms with E-state index in [4.69, 9.17) is 5.41 Å². The maximum absolute atomic E-state index is 12.1. The van der Waals surface area contributed by atoms with Crippen LogP contribution in [0.2, 0.25) is 0 Å². The van der Waals surface area contributed by atoms with Crippen LogP contribution in [0.1, 0.15) is 39.0 Å². The van der Waals surface area contributed by atoms with Gasteiger partial charge in [-0.05, 0) is 51.1 Å². The highest BCUT2D eigenvalue weighted by Crippen LogP contribution is 2.38. The molecule has 3 rings (SSSR count). The molecular formula is C14H24N4O. The summed E-state index contributed by atoms with van der Waals surface area (Å²) in [5.41, 5.74) is -0.330. The Labute approximate surface area is 114 Å². The van der Waals surface area contributed by atoms with Crippen LogP contribution in [0.25, 0.3) is 0 Å². The number of hydrogen-bond acceptors (Lipinski definition) is 3. The van der Waals surface area contributed by atoms with Gasteiger partial charge in [-0.3, -0.25) is 10.7 Å². The van der Waals surface area contributed by atoms with Gasteiger partial charge in [-0.1, -0.05) is 6.92 Å². The van der Waals surface area contributed by atoms with Crippen molar-refractivity contribution in [3.63, 3.8) is 0 Å². The van der Waals surface area contributed by atoms with Gasteiger partial charge in [0.1, 0.15) is 11.4 Å². The van der Waals surface area contributed by atoms with Crippen molar-refractivity contribution < 1.29 is 4.79 Å². The Bertz CT molecular complexity index is 393. The van der Waals surface area contributed by atoms with Crippen LogP contribution in [0.15, 0.2) is 0 Å². The molecule has 2 saturated heterocycles. The summed E-state index contributed by atoms with van der Waals surface area (Å²) in [7, 11) is 0. The van der Waals surface area contributed by atoms with Crippen molar-refractivity contribution in [2.24, 2.45) is 5.92 Å². The van der Waals surface area contributed by atoms with E-state index in [1.165, 1.54) is 12.8 Å². The summed E-state index contributed by atoms with van der Waals surface area (Å²) in [4.78, 5) is 16.6. The molecule has 2 heterocycles. The number of likely N-dealkylation sites (tertiary alicyclic amines) is 1. The Morgan fingerprint density at radius 1 is 1.37 bits per heavy atom. The monoisotopic (exact) mass is 264 g/mol. The van der Waals surface area contributed by atoms with Gasteiger partial charge < -0.3 is 9.80 Å². The summed E-state index contributed by atoms with van der Waals surface area (Å²) in [6.45, 7) is 6.18. The third-order valence-electron chi connectivity index (χ3n) is 4.95. The van der Waals surface area contributed by atoms with Crippen LogP contribution in [0.3, 0.4) is 0 Å². The maximum atomic E-state index is 12.1. The van der Waals surface area contributed by atoms with Gasteiger partial charge in [0.15, 0.2) is 0 Å². The molecule has 0 radical (unpaired) electrons. The third-order valence-corrected chi connectivity index (χ3v) is 4.95. The zero-order valence-corrected chi connectivity index (χ0v) is 11.7. The normalized spacial score (nSPS) is 32.8. The lowest BCUT2D eigenvalue weighted by Crippen LogP contribution is -2.50. The molecule has 5 nitrogen and oxygen atoms in total. The number of amides is 2.